The van der Waals surface area contributed by atoms with E-state index in [0.717, 1.165) is 42.0 Å². The molecule has 0 spiro atoms. The first kappa shape index (κ1) is 13.9. The van der Waals surface area contributed by atoms with Crippen molar-refractivity contribution in [3.8, 4) is 0 Å². The summed E-state index contributed by atoms with van der Waals surface area (Å²) in [7, 11) is 0. The van der Waals surface area contributed by atoms with Crippen molar-refractivity contribution in [3.05, 3.63) is 34.3 Å². The zero-order valence-corrected chi connectivity index (χ0v) is 11.8. The van der Waals surface area contributed by atoms with Crippen LogP contribution in [0.25, 0.3) is 0 Å². The summed E-state index contributed by atoms with van der Waals surface area (Å²) in [6.07, 6.45) is 3.17. The summed E-state index contributed by atoms with van der Waals surface area (Å²) in [5, 5.41) is 11.1. The summed E-state index contributed by atoms with van der Waals surface area (Å²) in [5.41, 5.74) is 1.70. The molecule has 1 aliphatic heterocycles. The summed E-state index contributed by atoms with van der Waals surface area (Å²) in [6.45, 7) is 4.76. The third-order valence-corrected chi connectivity index (χ3v) is 4.18. The zero-order chi connectivity index (χ0) is 13.2. The van der Waals surface area contributed by atoms with E-state index in [-0.39, 0.29) is 0 Å². The number of rotatable bonds is 3. The lowest BCUT2D eigenvalue weighted by molar-refractivity contribution is -0.135. The van der Waals surface area contributed by atoms with E-state index in [2.05, 4.69) is 0 Å². The Morgan fingerprint density at radius 2 is 2.22 bits per heavy atom. The van der Waals surface area contributed by atoms with Crippen LogP contribution in [-0.4, -0.2) is 23.4 Å². The van der Waals surface area contributed by atoms with E-state index in [1.54, 1.807) is 0 Å². The number of aliphatic hydroxyl groups is 1. The monoisotopic (exact) mass is 268 g/mol. The Morgan fingerprint density at radius 3 is 2.83 bits per heavy atom. The van der Waals surface area contributed by atoms with Crippen LogP contribution in [0.5, 0.6) is 0 Å². The van der Waals surface area contributed by atoms with Crippen LogP contribution in [0.1, 0.15) is 37.3 Å². The molecular weight excluding hydrogens is 248 g/mol. The molecule has 0 saturated carbocycles. The fraction of sp³-hybridized carbons (Fsp3) is 0.600. The van der Waals surface area contributed by atoms with Gasteiger partial charge in [0.1, 0.15) is 0 Å². The molecule has 2 unspecified atom stereocenters. The minimum atomic E-state index is -0.502. The van der Waals surface area contributed by atoms with Crippen LogP contribution in [0.3, 0.4) is 0 Å². The average Bonchev–Trinajstić information content (AvgIpc) is 2.33. The van der Waals surface area contributed by atoms with E-state index in [1.165, 1.54) is 0 Å². The number of benzene rings is 1. The number of aliphatic hydroxyl groups excluding tert-OH is 1. The number of hydrogen-bond donors (Lipinski definition) is 1. The van der Waals surface area contributed by atoms with Crippen molar-refractivity contribution < 1.29 is 9.84 Å². The maximum absolute atomic E-state index is 10.4. The van der Waals surface area contributed by atoms with Crippen LogP contribution in [0, 0.1) is 6.92 Å². The number of halogens is 1. The van der Waals surface area contributed by atoms with Crippen LogP contribution < -0.4 is 0 Å². The van der Waals surface area contributed by atoms with Gasteiger partial charge in [0.05, 0.1) is 11.7 Å². The largest absolute Gasteiger partial charge is 0.390 e. The average molecular weight is 269 g/mol. The highest BCUT2D eigenvalue weighted by molar-refractivity contribution is 6.31. The third-order valence-electron chi connectivity index (χ3n) is 3.83. The lowest BCUT2D eigenvalue weighted by Gasteiger charge is -2.38. The van der Waals surface area contributed by atoms with Gasteiger partial charge in [-0.15, -0.1) is 0 Å². The molecule has 1 aliphatic rings. The molecule has 1 aromatic carbocycles. The van der Waals surface area contributed by atoms with Crippen molar-refractivity contribution in [2.75, 3.05) is 6.61 Å². The predicted octanol–water partition coefficient (Wildman–Crippen LogP) is 3.51. The number of hydrogen-bond acceptors (Lipinski definition) is 2. The normalized spacial score (nSPS) is 26.0. The van der Waals surface area contributed by atoms with Crippen LogP contribution in [0.4, 0.5) is 0 Å². The van der Waals surface area contributed by atoms with Crippen LogP contribution in [0.15, 0.2) is 18.2 Å². The van der Waals surface area contributed by atoms with E-state index >= 15 is 0 Å². The minimum absolute atomic E-state index is 0.424. The molecule has 2 atom stereocenters. The first-order valence-electron chi connectivity index (χ1n) is 6.58. The Bertz CT molecular complexity index is 411. The molecule has 1 saturated heterocycles. The lowest BCUT2D eigenvalue weighted by Crippen LogP contribution is -2.45. The summed E-state index contributed by atoms with van der Waals surface area (Å²) in [5.74, 6) is 0. The van der Waals surface area contributed by atoms with Gasteiger partial charge in [-0.3, -0.25) is 0 Å². The molecule has 2 rings (SSSR count). The second kappa shape index (κ2) is 5.60. The third kappa shape index (κ3) is 3.05. The predicted molar refractivity (Wildman–Crippen MR) is 74.1 cm³/mol. The van der Waals surface area contributed by atoms with Gasteiger partial charge in [-0.1, -0.05) is 23.7 Å². The Labute approximate surface area is 114 Å². The van der Waals surface area contributed by atoms with Crippen LogP contribution in [-0.2, 0) is 11.2 Å². The molecule has 0 amide bonds. The zero-order valence-electron chi connectivity index (χ0n) is 11.1. The highest BCUT2D eigenvalue weighted by atomic mass is 35.5. The second-order valence-electron chi connectivity index (χ2n) is 5.43. The molecule has 1 N–H and O–H groups in total. The molecule has 0 aliphatic carbocycles. The molecule has 1 aromatic rings. The van der Waals surface area contributed by atoms with E-state index in [0.29, 0.717) is 6.42 Å². The van der Waals surface area contributed by atoms with Gasteiger partial charge >= 0.3 is 0 Å². The molecule has 0 aromatic heterocycles. The van der Waals surface area contributed by atoms with Gasteiger partial charge in [-0.2, -0.15) is 0 Å². The van der Waals surface area contributed by atoms with Gasteiger partial charge in [-0.05, 0) is 50.3 Å². The molecular formula is C15H21ClO2. The minimum Gasteiger partial charge on any atom is -0.390 e. The van der Waals surface area contributed by atoms with Crippen LogP contribution in [0.2, 0.25) is 5.02 Å². The molecule has 18 heavy (non-hydrogen) atoms. The maximum atomic E-state index is 10.4. The highest BCUT2D eigenvalue weighted by Gasteiger charge is 2.35. The second-order valence-corrected chi connectivity index (χ2v) is 5.84. The lowest BCUT2D eigenvalue weighted by atomic mass is 9.86. The van der Waals surface area contributed by atoms with Gasteiger partial charge in [0.15, 0.2) is 0 Å². The molecule has 2 nitrogen and oxygen atoms in total. The molecule has 1 heterocycles. The van der Waals surface area contributed by atoms with E-state index < -0.39 is 11.7 Å². The summed E-state index contributed by atoms with van der Waals surface area (Å²) in [4.78, 5) is 0. The number of aryl methyl sites for hydroxylation is 1. The van der Waals surface area contributed by atoms with E-state index in [9.17, 15) is 5.11 Å². The van der Waals surface area contributed by atoms with Crippen molar-refractivity contribution in [3.63, 3.8) is 0 Å². The van der Waals surface area contributed by atoms with Crippen molar-refractivity contribution in [1.82, 2.24) is 0 Å². The van der Waals surface area contributed by atoms with Gasteiger partial charge in [0.25, 0.3) is 0 Å². The van der Waals surface area contributed by atoms with Gasteiger partial charge < -0.3 is 9.84 Å². The Kier molecular flexibility index (Phi) is 4.31. The summed E-state index contributed by atoms with van der Waals surface area (Å²) in [6, 6.07) is 5.96. The van der Waals surface area contributed by atoms with Crippen molar-refractivity contribution in [1.29, 1.82) is 0 Å². The molecule has 100 valence electrons. The molecule has 1 fully saturated rings. The SMILES string of the molecule is Cc1ccc(CC(O)C2(C)CCCCO2)c(Cl)c1. The topological polar surface area (TPSA) is 29.5 Å². The van der Waals surface area contributed by atoms with Gasteiger partial charge in [0, 0.05) is 18.1 Å². The smallest absolute Gasteiger partial charge is 0.0915 e. The fourth-order valence-corrected chi connectivity index (χ4v) is 2.77. The van der Waals surface area contributed by atoms with Crippen molar-refractivity contribution in [2.45, 2.75) is 51.2 Å². The Balaban J connectivity index is 2.08. The highest BCUT2D eigenvalue weighted by Crippen LogP contribution is 2.31. The molecule has 0 bridgehead atoms. The quantitative estimate of drug-likeness (QED) is 0.909. The standard InChI is InChI=1S/C15H21ClO2/c1-11-5-6-12(13(16)9-11)10-14(17)15(2)7-3-4-8-18-15/h5-6,9,14,17H,3-4,7-8,10H2,1-2H3. The summed E-state index contributed by atoms with van der Waals surface area (Å²) >= 11 is 6.21. The first-order chi connectivity index (χ1) is 8.51. The van der Waals surface area contributed by atoms with Crippen molar-refractivity contribution in [2.24, 2.45) is 0 Å². The fourth-order valence-electron chi connectivity index (χ4n) is 2.46. The van der Waals surface area contributed by atoms with Crippen LogP contribution >= 0.6 is 11.6 Å². The van der Waals surface area contributed by atoms with Crippen molar-refractivity contribution >= 4 is 11.6 Å². The molecule has 0 radical (unpaired) electrons. The summed E-state index contributed by atoms with van der Waals surface area (Å²) < 4.78 is 5.77. The van der Waals surface area contributed by atoms with E-state index in [4.69, 9.17) is 16.3 Å². The molecule has 3 heteroatoms. The number of ether oxygens (including phenoxy) is 1. The maximum Gasteiger partial charge on any atom is 0.0915 e. The van der Waals surface area contributed by atoms with Gasteiger partial charge in [0.2, 0.25) is 0 Å². The van der Waals surface area contributed by atoms with E-state index in [1.807, 2.05) is 32.0 Å². The van der Waals surface area contributed by atoms with Gasteiger partial charge in [-0.25, -0.2) is 0 Å². The Morgan fingerprint density at radius 1 is 1.44 bits per heavy atom. The first-order valence-corrected chi connectivity index (χ1v) is 6.96. The Hall–Kier alpha value is -0.570.